The van der Waals surface area contributed by atoms with Crippen LogP contribution in [-0.4, -0.2) is 98.3 Å². The van der Waals surface area contributed by atoms with E-state index in [-0.39, 0.29) is 17.4 Å². The van der Waals surface area contributed by atoms with Gasteiger partial charge in [0.2, 0.25) is 17.8 Å². The van der Waals surface area contributed by atoms with E-state index in [1.807, 2.05) is 27.8 Å². The Kier molecular flexibility index (Phi) is 6.24. The van der Waals surface area contributed by atoms with Crippen LogP contribution in [0.4, 0.5) is 27.5 Å². The Labute approximate surface area is 225 Å². The van der Waals surface area contributed by atoms with Crippen LogP contribution in [0.5, 0.6) is 0 Å². The molecule has 2 amide bonds. The molecule has 0 bridgehead atoms. The van der Waals surface area contributed by atoms with Crippen molar-refractivity contribution < 1.29 is 19.1 Å². The first-order chi connectivity index (χ1) is 18.7. The molecule has 0 radical (unpaired) electrons. The Balaban J connectivity index is 1.24. The molecule has 0 unspecified atom stereocenters. The van der Waals surface area contributed by atoms with Gasteiger partial charge in [-0.15, -0.1) is 0 Å². The molecule has 1 aromatic carbocycles. The van der Waals surface area contributed by atoms with Gasteiger partial charge in [0, 0.05) is 71.2 Å². The summed E-state index contributed by atoms with van der Waals surface area (Å²) in [5.41, 5.74) is 1.33. The van der Waals surface area contributed by atoms with Crippen molar-refractivity contribution >= 4 is 35.0 Å². The van der Waals surface area contributed by atoms with Crippen molar-refractivity contribution in [2.45, 2.75) is 31.1 Å². The highest BCUT2D eigenvalue weighted by molar-refractivity contribution is 6.08. The summed E-state index contributed by atoms with van der Waals surface area (Å²) in [4.78, 5) is 55.1. The molecule has 2 aromatic rings. The van der Waals surface area contributed by atoms with Crippen LogP contribution in [0.25, 0.3) is 0 Å². The minimum Gasteiger partial charge on any atom is -0.387 e. The molecule has 4 aliphatic rings. The second kappa shape index (κ2) is 9.51. The minimum atomic E-state index is -0.958. The second-order valence-corrected chi connectivity index (χ2v) is 11.0. The lowest BCUT2D eigenvalue weighted by Crippen LogP contribution is -2.49. The van der Waals surface area contributed by atoms with Crippen molar-refractivity contribution in [1.82, 2.24) is 14.9 Å². The van der Waals surface area contributed by atoms with Gasteiger partial charge in [0.25, 0.3) is 5.56 Å². The van der Waals surface area contributed by atoms with Crippen molar-refractivity contribution in [3.63, 3.8) is 0 Å². The number of nitrogens with one attached hydrogen (secondary N) is 1. The van der Waals surface area contributed by atoms with Crippen LogP contribution in [0.3, 0.4) is 0 Å². The quantitative estimate of drug-likeness (QED) is 0.578. The van der Waals surface area contributed by atoms with Crippen LogP contribution < -0.4 is 25.2 Å². The molecule has 6 rings (SSSR count). The minimum absolute atomic E-state index is 0.113. The van der Waals surface area contributed by atoms with Crippen molar-refractivity contribution in [3.05, 3.63) is 39.4 Å². The van der Waals surface area contributed by atoms with Crippen LogP contribution in [0.1, 0.15) is 30.4 Å². The number of likely N-dealkylation sites (N-methyl/N-ethyl adjacent to an activating group) is 1. The Morgan fingerprint density at radius 2 is 1.77 bits per heavy atom. The fourth-order valence-electron chi connectivity index (χ4n) is 6.68. The summed E-state index contributed by atoms with van der Waals surface area (Å²) in [7, 11) is 3.64. The Hall–Kier alpha value is -3.67. The van der Waals surface area contributed by atoms with Gasteiger partial charge in [-0.3, -0.25) is 19.4 Å². The number of carbonyl (C=O) groups excluding carboxylic acids is 2. The number of hydrogen-bond acceptors (Lipinski definition) is 8. The summed E-state index contributed by atoms with van der Waals surface area (Å²) < 4.78 is 15.9. The molecule has 2 N–H and O–H groups in total. The maximum Gasteiger partial charge on any atom is 0.257 e. The third-order valence-electron chi connectivity index (χ3n) is 8.92. The van der Waals surface area contributed by atoms with Crippen LogP contribution in [0.15, 0.2) is 16.9 Å². The predicted octanol–water partition coefficient (Wildman–Crippen LogP) is 0.447. The number of fused-ring (bicyclic) bond motifs is 3. The summed E-state index contributed by atoms with van der Waals surface area (Å²) in [5.74, 6) is 0.385. The second-order valence-electron chi connectivity index (χ2n) is 11.0. The summed E-state index contributed by atoms with van der Waals surface area (Å²) >= 11 is 0. The molecule has 208 valence electrons. The number of hydrogen-bond donors (Lipinski definition) is 2. The number of carbonyl (C=O) groups is 2. The zero-order valence-electron chi connectivity index (χ0n) is 22.4. The van der Waals surface area contributed by atoms with Gasteiger partial charge in [-0.05, 0) is 37.8 Å². The molecule has 4 aliphatic heterocycles. The van der Waals surface area contributed by atoms with Crippen LogP contribution in [0, 0.1) is 5.82 Å². The average Bonchev–Trinajstić information content (AvgIpc) is 3.15. The zero-order valence-corrected chi connectivity index (χ0v) is 22.4. The van der Waals surface area contributed by atoms with Gasteiger partial charge in [-0.1, -0.05) is 0 Å². The number of piperazine rings is 1. The third kappa shape index (κ3) is 4.03. The number of aliphatic hydroxyl groups excluding tert-OH is 1. The van der Waals surface area contributed by atoms with E-state index in [9.17, 15) is 14.4 Å². The SMILES string of the molecule is CN1CCCc2c1nc(N1CCC3(CC1)C(=O)N(C)c1cc(N4CCN(C(=O)CO)CC4)cc(F)c13)[nH]c2=O. The molecule has 5 heterocycles. The number of piperidine rings is 1. The first kappa shape index (κ1) is 25.6. The molecule has 0 saturated carbocycles. The van der Waals surface area contributed by atoms with E-state index < -0.39 is 17.8 Å². The highest BCUT2D eigenvalue weighted by Crippen LogP contribution is 2.50. The van der Waals surface area contributed by atoms with Crippen molar-refractivity contribution in [3.8, 4) is 0 Å². The predicted molar refractivity (Wildman–Crippen MR) is 145 cm³/mol. The number of halogens is 1. The van der Waals surface area contributed by atoms with Crippen molar-refractivity contribution in [2.75, 3.05) is 86.1 Å². The number of aromatic amines is 1. The number of H-pyrrole nitrogens is 1. The van der Waals surface area contributed by atoms with E-state index >= 15 is 4.39 Å². The summed E-state index contributed by atoms with van der Waals surface area (Å²) in [5, 5.41) is 9.12. The van der Waals surface area contributed by atoms with Crippen molar-refractivity contribution in [1.29, 1.82) is 0 Å². The lowest BCUT2D eigenvalue weighted by Gasteiger charge is -2.39. The zero-order chi connectivity index (χ0) is 27.5. The molecule has 0 atom stereocenters. The molecule has 1 aromatic heterocycles. The Bertz CT molecular complexity index is 1380. The molecular weight excluding hydrogens is 505 g/mol. The van der Waals surface area contributed by atoms with E-state index in [0.29, 0.717) is 92.8 Å². The molecular formula is C27H34FN7O4. The Morgan fingerprint density at radius 3 is 2.46 bits per heavy atom. The number of benzene rings is 1. The van der Waals surface area contributed by atoms with Crippen molar-refractivity contribution in [2.24, 2.45) is 0 Å². The number of aliphatic hydroxyl groups is 1. The fourth-order valence-corrected chi connectivity index (χ4v) is 6.68. The number of nitrogens with zero attached hydrogens (tertiary/aromatic N) is 6. The van der Waals surface area contributed by atoms with Gasteiger partial charge in [0.05, 0.1) is 16.7 Å². The average molecular weight is 540 g/mol. The molecule has 39 heavy (non-hydrogen) atoms. The maximum atomic E-state index is 15.9. The number of amides is 2. The molecule has 2 fully saturated rings. The molecule has 2 saturated heterocycles. The standard InChI is InChI=1S/C27H34FN7O4/c1-31-7-3-4-18-23(31)29-26(30-24(18)38)35-8-5-27(6-9-35)22-19(28)14-17(15-20(22)32(2)25(27)39)33-10-12-34(13-11-33)21(37)16-36/h14-15,36H,3-13,16H2,1-2H3,(H,29,30,38). The summed E-state index contributed by atoms with van der Waals surface area (Å²) in [6.45, 7) is 3.18. The maximum absolute atomic E-state index is 15.9. The highest BCUT2D eigenvalue weighted by Gasteiger charge is 2.53. The van der Waals surface area contributed by atoms with Gasteiger partial charge in [0.15, 0.2) is 0 Å². The van der Waals surface area contributed by atoms with Gasteiger partial charge < -0.3 is 29.6 Å². The first-order valence-corrected chi connectivity index (χ1v) is 13.6. The third-order valence-corrected chi connectivity index (χ3v) is 8.92. The number of anilines is 4. The number of rotatable bonds is 3. The molecule has 1 spiro atoms. The smallest absolute Gasteiger partial charge is 0.257 e. The molecule has 12 heteroatoms. The van der Waals surface area contributed by atoms with E-state index in [1.54, 1.807) is 16.8 Å². The van der Waals surface area contributed by atoms with Crippen LogP contribution in [0.2, 0.25) is 0 Å². The monoisotopic (exact) mass is 539 g/mol. The van der Waals surface area contributed by atoms with Gasteiger partial charge >= 0.3 is 0 Å². The number of aromatic nitrogens is 2. The van der Waals surface area contributed by atoms with Gasteiger partial charge in [-0.2, -0.15) is 4.98 Å². The van der Waals surface area contributed by atoms with Crippen LogP contribution >= 0.6 is 0 Å². The summed E-state index contributed by atoms with van der Waals surface area (Å²) in [6.07, 6.45) is 2.46. The van der Waals surface area contributed by atoms with E-state index in [2.05, 4.69) is 4.98 Å². The van der Waals surface area contributed by atoms with Gasteiger partial charge in [0.1, 0.15) is 18.2 Å². The first-order valence-electron chi connectivity index (χ1n) is 13.6. The highest BCUT2D eigenvalue weighted by atomic mass is 19.1. The van der Waals surface area contributed by atoms with E-state index in [0.717, 1.165) is 13.0 Å². The lowest BCUT2D eigenvalue weighted by atomic mass is 9.73. The Morgan fingerprint density at radius 1 is 1.05 bits per heavy atom. The largest absolute Gasteiger partial charge is 0.387 e. The topological polar surface area (TPSA) is 116 Å². The normalized spacial score (nSPS) is 20.5. The van der Waals surface area contributed by atoms with E-state index in [1.165, 1.54) is 6.07 Å². The van der Waals surface area contributed by atoms with E-state index in [4.69, 9.17) is 10.1 Å². The molecule has 0 aliphatic carbocycles. The van der Waals surface area contributed by atoms with Crippen LogP contribution in [-0.2, 0) is 21.4 Å². The fraction of sp³-hybridized carbons (Fsp3) is 0.556. The van der Waals surface area contributed by atoms with Gasteiger partial charge in [-0.25, -0.2) is 4.39 Å². The molecule has 11 nitrogen and oxygen atoms in total. The lowest BCUT2D eigenvalue weighted by molar-refractivity contribution is -0.134. The summed E-state index contributed by atoms with van der Waals surface area (Å²) in [6, 6.07) is 3.38.